The predicted octanol–water partition coefficient (Wildman–Crippen LogP) is 4.62. The van der Waals surface area contributed by atoms with E-state index in [2.05, 4.69) is 0 Å². The van der Waals surface area contributed by atoms with Gasteiger partial charge < -0.3 is 0 Å². The second-order valence-corrected chi connectivity index (χ2v) is 1.59. The van der Waals surface area contributed by atoms with Crippen molar-refractivity contribution in [3.05, 3.63) is 24.1 Å². The van der Waals surface area contributed by atoms with Crippen LogP contribution in [-0.2, 0) is 0 Å². The van der Waals surface area contributed by atoms with Crippen LogP contribution >= 0.6 is 0 Å². The van der Waals surface area contributed by atoms with E-state index >= 15 is 0 Å². The molecule has 0 aromatic heterocycles. The first-order chi connectivity index (χ1) is 6.50. The van der Waals surface area contributed by atoms with Gasteiger partial charge in [-0.2, -0.15) is 43.9 Å². The quantitative estimate of drug-likeness (QED) is 0.550. The molecule has 0 aliphatic rings. The molecule has 0 spiro atoms. The first-order valence-electron chi connectivity index (χ1n) is 2.64. The molecule has 0 unspecified atom stereocenters. The molecule has 0 nitrogen and oxygen atoms in total. The van der Waals surface area contributed by atoms with Crippen molar-refractivity contribution in [1.82, 2.24) is 0 Å². The minimum atomic E-state index is -5.56. The zero-order valence-electron chi connectivity index (χ0n) is 6.28. The first kappa shape index (κ1) is 16.2. The molecule has 90 valence electrons. The summed E-state index contributed by atoms with van der Waals surface area (Å²) in [6, 6.07) is 0. The Balaban J connectivity index is 0. The van der Waals surface area contributed by atoms with E-state index < -0.39 is 30.2 Å². The van der Waals surface area contributed by atoms with Crippen LogP contribution < -0.4 is 0 Å². The van der Waals surface area contributed by atoms with Gasteiger partial charge in [0.2, 0.25) is 0 Å². The molecule has 10 heteroatoms. The van der Waals surface area contributed by atoms with Crippen molar-refractivity contribution < 1.29 is 43.9 Å². The van der Waals surface area contributed by atoms with E-state index in [0.29, 0.717) is 0 Å². The second-order valence-electron chi connectivity index (χ2n) is 1.59. The Labute approximate surface area is 75.5 Å². The summed E-state index contributed by atoms with van der Waals surface area (Å²) >= 11 is 0. The number of hydrogen-bond donors (Lipinski definition) is 0. The SMILES string of the molecule is FC(F)=C(F)C(F)(F)F.FC(F)=C(F)F. The third-order valence-corrected chi connectivity index (χ3v) is 0.558. The molecule has 0 rings (SSSR count). The highest BCUT2D eigenvalue weighted by molar-refractivity contribution is 4.98. The lowest BCUT2D eigenvalue weighted by Gasteiger charge is -1.98. The number of hydrogen-bond acceptors (Lipinski definition) is 0. The lowest BCUT2D eigenvalue weighted by atomic mass is 10.6. The van der Waals surface area contributed by atoms with Crippen LogP contribution in [0.15, 0.2) is 24.1 Å². The average molecular weight is 250 g/mol. The van der Waals surface area contributed by atoms with Crippen molar-refractivity contribution in [2.45, 2.75) is 6.18 Å². The molecule has 0 aliphatic carbocycles. The maximum absolute atomic E-state index is 11.0. The first-order valence-corrected chi connectivity index (χ1v) is 2.64. The number of rotatable bonds is 0. The van der Waals surface area contributed by atoms with Crippen LogP contribution in [0.2, 0.25) is 0 Å². The van der Waals surface area contributed by atoms with E-state index in [4.69, 9.17) is 0 Å². The molecule has 0 aromatic rings. The summed E-state index contributed by atoms with van der Waals surface area (Å²) < 4.78 is 106. The fourth-order valence-electron chi connectivity index (χ4n) is 0.107. The van der Waals surface area contributed by atoms with Gasteiger partial charge in [0.1, 0.15) is 0 Å². The highest BCUT2D eigenvalue weighted by atomic mass is 19.4. The molecule has 0 fully saturated rings. The van der Waals surface area contributed by atoms with Crippen LogP contribution in [0.1, 0.15) is 0 Å². The van der Waals surface area contributed by atoms with Gasteiger partial charge >= 0.3 is 24.4 Å². The maximum Gasteiger partial charge on any atom is 0.448 e. The van der Waals surface area contributed by atoms with Gasteiger partial charge in [0.25, 0.3) is 5.83 Å². The highest BCUT2D eigenvalue weighted by Gasteiger charge is 2.38. The third-order valence-electron chi connectivity index (χ3n) is 0.558. The Bertz CT molecular complexity index is 235. The Hall–Kier alpha value is -1.22. The van der Waals surface area contributed by atoms with E-state index in [1.54, 1.807) is 0 Å². The maximum atomic E-state index is 11.0. The van der Waals surface area contributed by atoms with Gasteiger partial charge in [-0.1, -0.05) is 0 Å². The van der Waals surface area contributed by atoms with Crippen LogP contribution in [0.25, 0.3) is 0 Å². The molecular weight excluding hydrogens is 250 g/mol. The van der Waals surface area contributed by atoms with Crippen LogP contribution in [-0.4, -0.2) is 6.18 Å². The van der Waals surface area contributed by atoms with Gasteiger partial charge in [-0.3, -0.25) is 0 Å². The molecule has 0 atom stereocenters. The van der Waals surface area contributed by atoms with Gasteiger partial charge in [0.05, 0.1) is 0 Å². The van der Waals surface area contributed by atoms with E-state index in [1.807, 2.05) is 0 Å². The number of allylic oxidation sites excluding steroid dienone is 1. The van der Waals surface area contributed by atoms with Crippen LogP contribution in [0.3, 0.4) is 0 Å². The lowest BCUT2D eigenvalue weighted by molar-refractivity contribution is -0.113. The van der Waals surface area contributed by atoms with E-state index in [9.17, 15) is 43.9 Å². The average Bonchev–Trinajstić information content (AvgIpc) is 2.02. The highest BCUT2D eigenvalue weighted by Crippen LogP contribution is 2.29. The lowest BCUT2D eigenvalue weighted by Crippen LogP contribution is -2.08. The van der Waals surface area contributed by atoms with Crippen molar-refractivity contribution in [2.75, 3.05) is 0 Å². The molecule has 0 heterocycles. The van der Waals surface area contributed by atoms with Crippen molar-refractivity contribution in [1.29, 1.82) is 0 Å². The van der Waals surface area contributed by atoms with Gasteiger partial charge in [0, 0.05) is 0 Å². The van der Waals surface area contributed by atoms with Gasteiger partial charge in [-0.15, -0.1) is 0 Å². The standard InChI is InChI=1S/C3F6.C2F4/c4-1(2(5)6)3(7,8)9;3-1(4)2(5)6. The number of alkyl halides is 3. The molecule has 0 saturated carbocycles. The zero-order valence-corrected chi connectivity index (χ0v) is 6.28. The van der Waals surface area contributed by atoms with Crippen molar-refractivity contribution >= 4 is 0 Å². The molecule has 0 N–H and O–H groups in total. The molecule has 0 bridgehead atoms. The van der Waals surface area contributed by atoms with Gasteiger partial charge in [-0.25, -0.2) is 0 Å². The molecule has 0 radical (unpaired) electrons. The van der Waals surface area contributed by atoms with Gasteiger partial charge in [-0.05, 0) is 0 Å². The van der Waals surface area contributed by atoms with Crippen LogP contribution in [0.4, 0.5) is 43.9 Å². The summed E-state index contributed by atoms with van der Waals surface area (Å²) in [5.74, 6) is -3.33. The predicted molar refractivity (Wildman–Crippen MR) is 27.9 cm³/mol. The van der Waals surface area contributed by atoms with Crippen molar-refractivity contribution in [3.8, 4) is 0 Å². The summed E-state index contributed by atoms with van der Waals surface area (Å²) in [5.41, 5.74) is 0. The van der Waals surface area contributed by atoms with Gasteiger partial charge in [0.15, 0.2) is 0 Å². The smallest absolute Gasteiger partial charge is 0.196 e. The fourth-order valence-corrected chi connectivity index (χ4v) is 0.107. The van der Waals surface area contributed by atoms with Crippen LogP contribution in [0.5, 0.6) is 0 Å². The van der Waals surface area contributed by atoms with E-state index in [-0.39, 0.29) is 0 Å². The molecule has 0 amide bonds. The molecular formula is C5F10. The summed E-state index contributed by atoms with van der Waals surface area (Å²) in [7, 11) is 0. The molecule has 0 saturated heterocycles. The topological polar surface area (TPSA) is 0 Å². The third kappa shape index (κ3) is 9.09. The number of halogens is 10. The summed E-state index contributed by atoms with van der Waals surface area (Å²) in [4.78, 5) is 0. The van der Waals surface area contributed by atoms with E-state index in [1.165, 1.54) is 0 Å². The normalized spacial score (nSPS) is 10.0. The molecule has 0 aliphatic heterocycles. The fraction of sp³-hybridized carbons (Fsp3) is 0.200. The zero-order chi connectivity index (χ0) is 12.8. The largest absolute Gasteiger partial charge is 0.448 e. The van der Waals surface area contributed by atoms with Crippen molar-refractivity contribution in [2.24, 2.45) is 0 Å². The minimum absolute atomic E-state index is 2.91. The summed E-state index contributed by atoms with van der Waals surface area (Å²) in [6.45, 7) is 0. The summed E-state index contributed by atoms with van der Waals surface area (Å²) in [5, 5.41) is 0. The summed E-state index contributed by atoms with van der Waals surface area (Å²) in [6.07, 6.45) is -14.7. The van der Waals surface area contributed by atoms with E-state index in [0.717, 1.165) is 0 Å². The minimum Gasteiger partial charge on any atom is -0.196 e. The Morgan fingerprint density at radius 1 is 0.533 bits per heavy atom. The Morgan fingerprint density at radius 3 is 0.800 bits per heavy atom. The monoisotopic (exact) mass is 250 g/mol. The Kier molecular flexibility index (Phi) is 6.81. The Morgan fingerprint density at radius 2 is 0.800 bits per heavy atom. The molecule has 15 heavy (non-hydrogen) atoms. The molecule has 0 aromatic carbocycles. The van der Waals surface area contributed by atoms with Crippen LogP contribution in [0, 0.1) is 0 Å². The second kappa shape index (κ2) is 6.30. The van der Waals surface area contributed by atoms with Crippen molar-refractivity contribution in [3.63, 3.8) is 0 Å².